The number of halogens is 1. The van der Waals surface area contributed by atoms with E-state index in [1.54, 1.807) is 17.9 Å². The fourth-order valence-corrected chi connectivity index (χ4v) is 1.94. The van der Waals surface area contributed by atoms with Gasteiger partial charge in [0.15, 0.2) is 0 Å². The lowest BCUT2D eigenvalue weighted by Crippen LogP contribution is -2.45. The number of aromatic nitrogens is 2. The van der Waals surface area contributed by atoms with Gasteiger partial charge in [-0.3, -0.25) is 9.48 Å². The van der Waals surface area contributed by atoms with E-state index >= 15 is 0 Å². The minimum atomic E-state index is -0.599. The van der Waals surface area contributed by atoms with Crippen LogP contribution in [0.1, 0.15) is 24.3 Å². The fourth-order valence-electron chi connectivity index (χ4n) is 1.46. The van der Waals surface area contributed by atoms with Crippen LogP contribution in [-0.2, 0) is 6.54 Å². The minimum absolute atomic E-state index is 0.0353. The number of carbonyl (C=O) groups excluding carboxylic acids is 1. The van der Waals surface area contributed by atoms with E-state index in [1.807, 2.05) is 27.9 Å². The highest BCUT2D eigenvalue weighted by Gasteiger charge is 2.31. The van der Waals surface area contributed by atoms with E-state index in [-0.39, 0.29) is 5.78 Å². The first kappa shape index (κ1) is 15.3. The maximum absolute atomic E-state index is 12.5. The zero-order valence-electron chi connectivity index (χ0n) is 11.6. The fraction of sp³-hybridized carbons (Fsp3) is 0.667. The Bertz CT molecular complexity index is 426. The molecule has 0 aliphatic rings. The molecule has 0 bridgehead atoms. The average molecular weight is 317 g/mol. The lowest BCUT2D eigenvalue weighted by atomic mass is 9.97. The van der Waals surface area contributed by atoms with Crippen molar-refractivity contribution >= 4 is 21.7 Å². The first-order valence-electron chi connectivity index (χ1n) is 5.89. The number of likely N-dealkylation sites (N-methyl/N-ethyl adjacent to an activating group) is 2. The Labute approximate surface area is 117 Å². The Hall–Kier alpha value is -0.720. The maximum Gasteiger partial charge on any atom is 0.201 e. The van der Waals surface area contributed by atoms with Crippen molar-refractivity contribution in [1.82, 2.24) is 20.0 Å². The van der Waals surface area contributed by atoms with Gasteiger partial charge < -0.3 is 10.2 Å². The first-order chi connectivity index (χ1) is 8.29. The Morgan fingerprint density at radius 1 is 1.56 bits per heavy atom. The van der Waals surface area contributed by atoms with Gasteiger partial charge >= 0.3 is 0 Å². The van der Waals surface area contributed by atoms with Crippen LogP contribution in [0.25, 0.3) is 0 Å². The maximum atomic E-state index is 12.5. The predicted molar refractivity (Wildman–Crippen MR) is 76.0 cm³/mol. The molecule has 0 aromatic carbocycles. The highest BCUT2D eigenvalue weighted by Crippen LogP contribution is 2.21. The van der Waals surface area contributed by atoms with Crippen molar-refractivity contribution in [3.8, 4) is 0 Å². The molecule has 0 aliphatic heterocycles. The highest BCUT2D eigenvalue weighted by molar-refractivity contribution is 9.10. The van der Waals surface area contributed by atoms with Gasteiger partial charge in [-0.25, -0.2) is 0 Å². The normalized spacial score (nSPS) is 12.2. The average Bonchev–Trinajstić information content (AvgIpc) is 2.66. The van der Waals surface area contributed by atoms with Crippen molar-refractivity contribution in [2.45, 2.75) is 25.9 Å². The van der Waals surface area contributed by atoms with Crippen molar-refractivity contribution in [2.75, 3.05) is 27.7 Å². The number of hydrogen-bond donors (Lipinski definition) is 1. The molecule has 0 radical (unpaired) electrons. The van der Waals surface area contributed by atoms with Gasteiger partial charge in [-0.1, -0.05) is 0 Å². The molecule has 0 saturated heterocycles. The molecule has 0 atom stereocenters. The number of nitrogens with zero attached hydrogens (tertiary/aromatic N) is 3. The quantitative estimate of drug-likeness (QED) is 0.806. The SMILES string of the molecule is CNC(C)(C)C(=O)c1c(Br)cnn1CCN(C)C. The third-order valence-corrected chi connectivity index (χ3v) is 3.54. The van der Waals surface area contributed by atoms with Crippen molar-refractivity contribution in [3.63, 3.8) is 0 Å². The van der Waals surface area contributed by atoms with Crippen molar-refractivity contribution in [1.29, 1.82) is 0 Å². The number of nitrogens with one attached hydrogen (secondary N) is 1. The van der Waals surface area contributed by atoms with Crippen LogP contribution < -0.4 is 5.32 Å². The Balaban J connectivity index is 3.01. The molecule has 1 rings (SSSR count). The zero-order chi connectivity index (χ0) is 13.9. The topological polar surface area (TPSA) is 50.2 Å². The Morgan fingerprint density at radius 3 is 2.67 bits per heavy atom. The molecule has 0 saturated carbocycles. The van der Waals surface area contributed by atoms with Crippen LogP contribution in [0.4, 0.5) is 0 Å². The van der Waals surface area contributed by atoms with E-state index in [9.17, 15) is 4.79 Å². The van der Waals surface area contributed by atoms with Gasteiger partial charge in [0.05, 0.1) is 22.8 Å². The lowest BCUT2D eigenvalue weighted by Gasteiger charge is -2.23. The van der Waals surface area contributed by atoms with E-state index in [0.717, 1.165) is 11.0 Å². The monoisotopic (exact) mass is 316 g/mol. The molecule has 1 heterocycles. The van der Waals surface area contributed by atoms with Gasteiger partial charge in [0.25, 0.3) is 0 Å². The number of carbonyl (C=O) groups is 1. The summed E-state index contributed by atoms with van der Waals surface area (Å²) < 4.78 is 2.50. The molecule has 18 heavy (non-hydrogen) atoms. The van der Waals surface area contributed by atoms with Crippen LogP contribution in [0.15, 0.2) is 10.7 Å². The standard InChI is InChI=1S/C12H21BrN4O/c1-12(2,14-3)11(18)10-9(13)8-15-17(10)7-6-16(4)5/h8,14H,6-7H2,1-5H3. The second-order valence-electron chi connectivity index (χ2n) is 5.07. The number of rotatable bonds is 6. The van der Waals surface area contributed by atoms with Gasteiger partial charge in [0, 0.05) is 6.54 Å². The Kier molecular flexibility index (Phi) is 5.07. The summed E-state index contributed by atoms with van der Waals surface area (Å²) in [6.45, 7) is 5.27. The Morgan fingerprint density at radius 2 is 2.17 bits per heavy atom. The largest absolute Gasteiger partial charge is 0.308 e. The zero-order valence-corrected chi connectivity index (χ0v) is 13.2. The van der Waals surface area contributed by atoms with Crippen LogP contribution >= 0.6 is 15.9 Å². The predicted octanol–water partition coefficient (Wildman–Crippen LogP) is 1.39. The molecule has 0 unspecified atom stereocenters. The van der Waals surface area contributed by atoms with E-state index in [2.05, 4.69) is 31.2 Å². The molecule has 0 aliphatic carbocycles. The number of hydrogen-bond acceptors (Lipinski definition) is 4. The summed E-state index contributed by atoms with van der Waals surface area (Å²) in [6, 6.07) is 0. The second kappa shape index (κ2) is 5.95. The van der Waals surface area contributed by atoms with Crippen molar-refractivity contribution in [3.05, 3.63) is 16.4 Å². The van der Waals surface area contributed by atoms with Crippen LogP contribution in [0, 0.1) is 0 Å². The summed E-state index contributed by atoms with van der Waals surface area (Å²) in [5, 5.41) is 7.28. The molecular weight excluding hydrogens is 296 g/mol. The van der Waals surface area contributed by atoms with Crippen LogP contribution in [-0.4, -0.2) is 53.7 Å². The van der Waals surface area contributed by atoms with Gasteiger partial charge in [-0.05, 0) is 50.9 Å². The van der Waals surface area contributed by atoms with Crippen LogP contribution in [0.5, 0.6) is 0 Å². The first-order valence-corrected chi connectivity index (χ1v) is 6.68. The molecule has 0 amide bonds. The summed E-state index contributed by atoms with van der Waals surface area (Å²) in [5.41, 5.74) is 0.0227. The summed E-state index contributed by atoms with van der Waals surface area (Å²) in [7, 11) is 5.78. The molecule has 6 heteroatoms. The lowest BCUT2D eigenvalue weighted by molar-refractivity contribution is 0.0876. The van der Waals surface area contributed by atoms with E-state index < -0.39 is 5.54 Å². The van der Waals surface area contributed by atoms with Gasteiger partial charge in [-0.2, -0.15) is 5.10 Å². The molecule has 5 nitrogen and oxygen atoms in total. The second-order valence-corrected chi connectivity index (χ2v) is 5.93. The molecule has 0 fully saturated rings. The van der Waals surface area contributed by atoms with Crippen LogP contribution in [0.3, 0.4) is 0 Å². The highest BCUT2D eigenvalue weighted by atomic mass is 79.9. The van der Waals surface area contributed by atoms with Gasteiger partial charge in [0.2, 0.25) is 5.78 Å². The summed E-state index contributed by atoms with van der Waals surface area (Å²) >= 11 is 3.40. The summed E-state index contributed by atoms with van der Waals surface area (Å²) in [4.78, 5) is 14.5. The molecule has 0 spiro atoms. The molecular formula is C12H21BrN4O. The third-order valence-electron chi connectivity index (χ3n) is 2.96. The molecule has 1 aromatic rings. The number of ketones is 1. The van der Waals surface area contributed by atoms with E-state index in [0.29, 0.717) is 12.2 Å². The van der Waals surface area contributed by atoms with Crippen molar-refractivity contribution < 1.29 is 4.79 Å². The summed E-state index contributed by atoms with van der Waals surface area (Å²) in [5.74, 6) is 0.0353. The molecule has 1 aromatic heterocycles. The van der Waals surface area contributed by atoms with Crippen LogP contribution in [0.2, 0.25) is 0 Å². The molecule has 102 valence electrons. The van der Waals surface area contributed by atoms with E-state index in [1.165, 1.54) is 0 Å². The third kappa shape index (κ3) is 3.40. The smallest absolute Gasteiger partial charge is 0.201 e. The van der Waals surface area contributed by atoms with Crippen molar-refractivity contribution in [2.24, 2.45) is 0 Å². The molecule has 1 N–H and O–H groups in total. The summed E-state index contributed by atoms with van der Waals surface area (Å²) in [6.07, 6.45) is 1.68. The van der Waals surface area contributed by atoms with E-state index in [4.69, 9.17) is 0 Å². The van der Waals surface area contributed by atoms with Gasteiger partial charge in [-0.15, -0.1) is 0 Å². The van der Waals surface area contributed by atoms with Gasteiger partial charge in [0.1, 0.15) is 5.69 Å². The number of Topliss-reactive ketones (excluding diaryl/α,β-unsaturated/α-hetero) is 1. The minimum Gasteiger partial charge on any atom is -0.308 e.